The van der Waals surface area contributed by atoms with Gasteiger partial charge in [-0.1, -0.05) is 13.0 Å². The Morgan fingerprint density at radius 1 is 1.26 bits per heavy atom. The quantitative estimate of drug-likeness (QED) is 0.613. The maximum atomic E-state index is 11.9. The first-order valence-corrected chi connectivity index (χ1v) is 7.81. The number of nitrogens with zero attached hydrogens (tertiary/aromatic N) is 1. The van der Waals surface area contributed by atoms with Crippen molar-refractivity contribution in [2.75, 3.05) is 6.61 Å². The lowest BCUT2D eigenvalue weighted by molar-refractivity contribution is -0.307. The number of nitrogens with one attached hydrogen (secondary N) is 1. The molecule has 0 aliphatic heterocycles. The van der Waals surface area contributed by atoms with Gasteiger partial charge in [0, 0.05) is 0 Å². The summed E-state index contributed by atoms with van der Waals surface area (Å²) in [5.74, 6) is -1.10. The molecule has 1 N–H and O–H groups in total. The van der Waals surface area contributed by atoms with E-state index in [4.69, 9.17) is 4.74 Å². The summed E-state index contributed by atoms with van der Waals surface area (Å²) in [7, 11) is 0. The van der Waals surface area contributed by atoms with Gasteiger partial charge in [0.1, 0.15) is 12.4 Å². The van der Waals surface area contributed by atoms with E-state index >= 15 is 0 Å². The number of rotatable bonds is 7. The Morgan fingerprint density at radius 3 is 2.57 bits per heavy atom. The number of amides is 1. The van der Waals surface area contributed by atoms with Gasteiger partial charge in [-0.25, -0.2) is 5.43 Å². The van der Waals surface area contributed by atoms with Gasteiger partial charge >= 0.3 is 0 Å². The zero-order chi connectivity index (χ0) is 16.7. The molecule has 0 aliphatic rings. The summed E-state index contributed by atoms with van der Waals surface area (Å²) < 4.78 is 5.01. The normalized spacial score (nSPS) is 11.1. The summed E-state index contributed by atoms with van der Waals surface area (Å²) in [6.45, 7) is 1.43. The van der Waals surface area contributed by atoms with Crippen molar-refractivity contribution >= 4 is 28.9 Å². The molecule has 0 unspecified atom stereocenters. The molecule has 0 fully saturated rings. The van der Waals surface area contributed by atoms with Gasteiger partial charge < -0.3 is 14.6 Å². The van der Waals surface area contributed by atoms with Crippen LogP contribution in [-0.4, -0.2) is 24.2 Å². The predicted molar refractivity (Wildman–Crippen MR) is 85.6 cm³/mol. The van der Waals surface area contributed by atoms with Crippen molar-refractivity contribution < 1.29 is 19.4 Å². The lowest BCUT2D eigenvalue weighted by atomic mass is 10.1. The fraction of sp³-hybridized carbons (Fsp3) is 0.188. The molecule has 1 aromatic carbocycles. The van der Waals surface area contributed by atoms with Crippen molar-refractivity contribution in [3.8, 4) is 5.75 Å². The molecule has 2 aromatic rings. The number of ether oxygens (including phenoxy) is 1. The van der Waals surface area contributed by atoms with Crippen LogP contribution >= 0.6 is 11.3 Å². The lowest BCUT2D eigenvalue weighted by Crippen LogP contribution is -2.28. The molecular weight excluding hydrogens is 316 g/mol. The Kier molecular flexibility index (Phi) is 5.87. The van der Waals surface area contributed by atoms with E-state index in [0.29, 0.717) is 22.8 Å². The topological polar surface area (TPSA) is 90.8 Å². The Labute approximate surface area is 137 Å². The van der Waals surface area contributed by atoms with Crippen LogP contribution in [-0.2, 0) is 4.79 Å². The monoisotopic (exact) mass is 331 g/mol. The molecule has 0 saturated heterocycles. The van der Waals surface area contributed by atoms with E-state index in [0.717, 1.165) is 5.56 Å². The van der Waals surface area contributed by atoms with Crippen LogP contribution in [0.1, 0.15) is 28.6 Å². The Bertz CT molecular complexity index is 693. The fourth-order valence-corrected chi connectivity index (χ4v) is 2.43. The summed E-state index contributed by atoms with van der Waals surface area (Å²) in [6, 6.07) is 10.3. The second kappa shape index (κ2) is 8.09. The van der Waals surface area contributed by atoms with Crippen molar-refractivity contribution in [2.24, 2.45) is 5.10 Å². The first-order valence-electron chi connectivity index (χ1n) is 6.93. The first-order chi connectivity index (χ1) is 11.1. The summed E-state index contributed by atoms with van der Waals surface area (Å²) in [5, 5.41) is 16.3. The van der Waals surface area contributed by atoms with Crippen LogP contribution < -0.4 is 15.3 Å². The molecule has 0 bridgehead atoms. The largest absolute Gasteiger partial charge is 0.546 e. The van der Waals surface area contributed by atoms with Crippen LogP contribution in [0.2, 0.25) is 0 Å². The van der Waals surface area contributed by atoms with Gasteiger partial charge in [0.15, 0.2) is 0 Å². The minimum atomic E-state index is -1.28. The van der Waals surface area contributed by atoms with E-state index in [1.54, 1.807) is 36.4 Å². The summed E-state index contributed by atoms with van der Waals surface area (Å²) in [4.78, 5) is 22.8. The zero-order valence-electron chi connectivity index (χ0n) is 12.4. The summed E-state index contributed by atoms with van der Waals surface area (Å²) >= 11 is 1.34. The molecule has 6 nitrogen and oxygen atoms in total. The number of thiophene rings is 1. The van der Waals surface area contributed by atoms with Gasteiger partial charge in [0.2, 0.25) is 0 Å². The molecule has 1 heterocycles. The van der Waals surface area contributed by atoms with Gasteiger partial charge in [-0.3, -0.25) is 4.79 Å². The second-order valence-corrected chi connectivity index (χ2v) is 5.46. The Morgan fingerprint density at radius 2 is 2.00 bits per heavy atom. The molecule has 23 heavy (non-hydrogen) atoms. The molecule has 0 spiro atoms. The fourth-order valence-electron chi connectivity index (χ4n) is 1.81. The van der Waals surface area contributed by atoms with Crippen molar-refractivity contribution in [3.05, 3.63) is 52.2 Å². The minimum Gasteiger partial charge on any atom is -0.546 e. The van der Waals surface area contributed by atoms with E-state index in [1.165, 1.54) is 11.3 Å². The minimum absolute atomic E-state index is 0.250. The van der Waals surface area contributed by atoms with E-state index < -0.39 is 12.6 Å². The second-order valence-electron chi connectivity index (χ2n) is 4.52. The average molecular weight is 331 g/mol. The molecule has 0 saturated carbocycles. The van der Waals surface area contributed by atoms with Crippen LogP contribution in [0, 0.1) is 0 Å². The van der Waals surface area contributed by atoms with Crippen molar-refractivity contribution in [2.45, 2.75) is 13.3 Å². The number of benzene rings is 1. The number of hydrogen-bond donors (Lipinski definition) is 1. The highest BCUT2D eigenvalue weighted by Crippen LogP contribution is 2.14. The SMILES string of the molecule is CC/C(=N/NC(=O)c1cccs1)c1ccc(OCC(=O)[O-])cc1. The van der Waals surface area contributed by atoms with Gasteiger partial charge in [-0.2, -0.15) is 5.10 Å². The van der Waals surface area contributed by atoms with Crippen LogP contribution in [0.25, 0.3) is 0 Å². The van der Waals surface area contributed by atoms with Crippen molar-refractivity contribution in [3.63, 3.8) is 0 Å². The number of carbonyl (C=O) groups excluding carboxylic acids is 2. The molecule has 2 rings (SSSR count). The van der Waals surface area contributed by atoms with E-state index in [1.807, 2.05) is 12.3 Å². The number of hydrogen-bond acceptors (Lipinski definition) is 6. The molecule has 120 valence electrons. The number of carbonyl (C=O) groups is 2. The third-order valence-corrected chi connectivity index (χ3v) is 3.79. The molecule has 1 amide bonds. The molecule has 1 aromatic heterocycles. The van der Waals surface area contributed by atoms with E-state index in [9.17, 15) is 14.7 Å². The number of carboxylic acid groups (broad SMARTS) is 1. The first kappa shape index (κ1) is 16.7. The van der Waals surface area contributed by atoms with Crippen LogP contribution in [0.5, 0.6) is 5.75 Å². The number of hydrazone groups is 1. The molecular formula is C16H15N2O4S-. The van der Waals surface area contributed by atoms with Crippen LogP contribution in [0.3, 0.4) is 0 Å². The molecule has 0 atom stereocenters. The van der Waals surface area contributed by atoms with Crippen molar-refractivity contribution in [1.82, 2.24) is 5.43 Å². The zero-order valence-corrected chi connectivity index (χ0v) is 13.3. The van der Waals surface area contributed by atoms with Crippen LogP contribution in [0.4, 0.5) is 0 Å². The van der Waals surface area contributed by atoms with Gasteiger partial charge in [-0.15, -0.1) is 11.3 Å². The number of aliphatic carboxylic acids is 1. The maximum Gasteiger partial charge on any atom is 0.281 e. The predicted octanol–water partition coefficient (Wildman–Crippen LogP) is 1.42. The highest BCUT2D eigenvalue weighted by atomic mass is 32.1. The third-order valence-electron chi connectivity index (χ3n) is 2.92. The highest BCUT2D eigenvalue weighted by molar-refractivity contribution is 7.12. The molecule has 0 aliphatic carbocycles. The van der Waals surface area contributed by atoms with Crippen LogP contribution in [0.15, 0.2) is 46.9 Å². The van der Waals surface area contributed by atoms with E-state index in [-0.39, 0.29) is 5.91 Å². The Balaban J connectivity index is 2.03. The maximum absolute atomic E-state index is 11.9. The smallest absolute Gasteiger partial charge is 0.281 e. The lowest BCUT2D eigenvalue weighted by Gasteiger charge is -2.08. The third kappa shape index (κ3) is 4.93. The molecule has 7 heteroatoms. The average Bonchev–Trinajstić information content (AvgIpc) is 3.09. The summed E-state index contributed by atoms with van der Waals surface area (Å²) in [5.41, 5.74) is 4.06. The van der Waals surface area contributed by atoms with Gasteiger partial charge in [0.25, 0.3) is 5.91 Å². The highest BCUT2D eigenvalue weighted by Gasteiger charge is 2.07. The van der Waals surface area contributed by atoms with E-state index in [2.05, 4.69) is 10.5 Å². The Hall–Kier alpha value is -2.67. The summed E-state index contributed by atoms with van der Waals surface area (Å²) in [6.07, 6.45) is 0.629. The standard InChI is InChI=1S/C16H16N2O4S/c1-2-13(17-18-16(21)14-4-3-9-23-14)11-5-7-12(8-6-11)22-10-15(19)20/h3-9H,2,10H2,1H3,(H,18,21)(H,19,20)/p-1/b17-13-. The van der Waals surface area contributed by atoms with Gasteiger partial charge in [-0.05, 0) is 47.7 Å². The van der Waals surface area contributed by atoms with Crippen molar-refractivity contribution in [1.29, 1.82) is 0 Å². The number of carboxylic acids is 1. The van der Waals surface area contributed by atoms with Gasteiger partial charge in [0.05, 0.1) is 16.6 Å². The molecule has 0 radical (unpaired) electrons.